The van der Waals surface area contributed by atoms with E-state index in [1.165, 1.54) is 7.11 Å². The average Bonchev–Trinajstić information content (AvgIpc) is 2.18. The highest BCUT2D eigenvalue weighted by atomic mass is 16.5. The Kier molecular flexibility index (Phi) is 4.55. The van der Waals surface area contributed by atoms with Gasteiger partial charge in [0.25, 0.3) is 0 Å². The second kappa shape index (κ2) is 5.70. The van der Waals surface area contributed by atoms with Crippen LogP contribution in [0.15, 0.2) is 0 Å². The molecular formula is C10H18N2O3. The zero-order valence-corrected chi connectivity index (χ0v) is 9.28. The Bertz CT molecular complexity index is 235. The molecule has 1 fully saturated rings. The molecule has 15 heavy (non-hydrogen) atoms. The summed E-state index contributed by atoms with van der Waals surface area (Å²) in [5.74, 6) is 0.0236. The number of hydrogen-bond acceptors (Lipinski definition) is 3. The number of likely N-dealkylation sites (tertiary alicyclic amines) is 1. The molecule has 0 aromatic rings. The van der Waals surface area contributed by atoms with Crippen LogP contribution in [-0.2, 0) is 14.3 Å². The van der Waals surface area contributed by atoms with Gasteiger partial charge in [0.05, 0.1) is 0 Å². The molecule has 0 saturated carbocycles. The number of ether oxygens (including phenoxy) is 1. The van der Waals surface area contributed by atoms with Crippen LogP contribution in [0.1, 0.15) is 19.8 Å². The zero-order valence-electron chi connectivity index (χ0n) is 9.28. The van der Waals surface area contributed by atoms with Gasteiger partial charge in [0, 0.05) is 33.2 Å². The summed E-state index contributed by atoms with van der Waals surface area (Å²) in [4.78, 5) is 24.1. The van der Waals surface area contributed by atoms with Gasteiger partial charge < -0.3 is 15.0 Å². The van der Waals surface area contributed by atoms with E-state index < -0.39 is 0 Å². The van der Waals surface area contributed by atoms with Gasteiger partial charge in [0.15, 0.2) is 0 Å². The summed E-state index contributed by atoms with van der Waals surface area (Å²) in [5, 5.41) is 2.88. The Hall–Kier alpha value is -1.10. The van der Waals surface area contributed by atoms with E-state index in [1.807, 2.05) is 0 Å². The van der Waals surface area contributed by atoms with Crippen LogP contribution >= 0.6 is 0 Å². The molecule has 0 aromatic heterocycles. The first-order valence-electron chi connectivity index (χ1n) is 5.17. The number of hydrogen-bond donors (Lipinski definition) is 1. The molecule has 0 spiro atoms. The molecule has 5 heteroatoms. The maximum absolute atomic E-state index is 11.2. The lowest BCUT2D eigenvalue weighted by atomic mass is 10.1. The van der Waals surface area contributed by atoms with Crippen LogP contribution in [0.5, 0.6) is 0 Å². The average molecular weight is 214 g/mol. The van der Waals surface area contributed by atoms with Crippen LogP contribution in [0.2, 0.25) is 0 Å². The fraction of sp³-hybridized carbons (Fsp3) is 0.800. The van der Waals surface area contributed by atoms with Gasteiger partial charge in [-0.3, -0.25) is 9.59 Å². The van der Waals surface area contributed by atoms with Crippen molar-refractivity contribution in [3.8, 4) is 0 Å². The third-order valence-corrected chi connectivity index (χ3v) is 2.58. The van der Waals surface area contributed by atoms with Gasteiger partial charge in [-0.1, -0.05) is 0 Å². The summed E-state index contributed by atoms with van der Waals surface area (Å²) in [5.41, 5.74) is 0. The molecule has 86 valence electrons. The second-order valence-corrected chi connectivity index (χ2v) is 3.78. The van der Waals surface area contributed by atoms with Gasteiger partial charge in [-0.25, -0.2) is 0 Å². The van der Waals surface area contributed by atoms with Gasteiger partial charge >= 0.3 is 0 Å². The van der Waals surface area contributed by atoms with Crippen molar-refractivity contribution in [3.63, 3.8) is 0 Å². The van der Waals surface area contributed by atoms with Crippen molar-refractivity contribution in [2.45, 2.75) is 25.8 Å². The van der Waals surface area contributed by atoms with E-state index >= 15 is 0 Å². The van der Waals surface area contributed by atoms with Crippen molar-refractivity contribution in [3.05, 3.63) is 0 Å². The van der Waals surface area contributed by atoms with E-state index in [9.17, 15) is 9.59 Å². The van der Waals surface area contributed by atoms with Crippen molar-refractivity contribution in [1.82, 2.24) is 10.2 Å². The smallest absolute Gasteiger partial charge is 0.246 e. The lowest BCUT2D eigenvalue weighted by Gasteiger charge is -2.31. The minimum atomic E-state index is -0.0845. The van der Waals surface area contributed by atoms with Crippen molar-refractivity contribution < 1.29 is 14.3 Å². The van der Waals surface area contributed by atoms with Crippen LogP contribution in [0.3, 0.4) is 0 Å². The van der Waals surface area contributed by atoms with Gasteiger partial charge in [0.1, 0.15) is 6.61 Å². The molecule has 1 rings (SSSR count). The van der Waals surface area contributed by atoms with E-state index in [0.717, 1.165) is 25.9 Å². The number of nitrogens with one attached hydrogen (secondary N) is 1. The minimum Gasteiger partial charge on any atom is -0.375 e. The van der Waals surface area contributed by atoms with E-state index in [4.69, 9.17) is 4.74 Å². The summed E-state index contributed by atoms with van der Waals surface area (Å²) >= 11 is 0. The maximum atomic E-state index is 11.2. The fourth-order valence-corrected chi connectivity index (χ4v) is 1.74. The summed E-state index contributed by atoms with van der Waals surface area (Å²) in [7, 11) is 1.50. The minimum absolute atomic E-state index is 0.0845. The molecule has 1 N–H and O–H groups in total. The molecule has 0 unspecified atom stereocenters. The first-order valence-corrected chi connectivity index (χ1v) is 5.17. The molecule has 1 aliphatic heterocycles. The van der Waals surface area contributed by atoms with Crippen LogP contribution in [0, 0.1) is 0 Å². The Labute approximate surface area is 89.8 Å². The molecular weight excluding hydrogens is 196 g/mol. The summed E-state index contributed by atoms with van der Waals surface area (Å²) < 4.78 is 4.73. The molecule has 0 atom stereocenters. The number of rotatable bonds is 3. The maximum Gasteiger partial charge on any atom is 0.246 e. The molecule has 0 bridgehead atoms. The van der Waals surface area contributed by atoms with E-state index in [2.05, 4.69) is 5.32 Å². The number of methoxy groups -OCH3 is 1. The molecule has 1 heterocycles. The highest BCUT2D eigenvalue weighted by molar-refractivity contribution is 5.77. The van der Waals surface area contributed by atoms with Crippen molar-refractivity contribution in [2.24, 2.45) is 0 Å². The molecule has 5 nitrogen and oxygen atoms in total. The number of piperidine rings is 1. The lowest BCUT2D eigenvalue weighted by molar-refractivity contribution is -0.130. The first kappa shape index (κ1) is 12.0. The Morgan fingerprint density at radius 3 is 2.47 bits per heavy atom. The van der Waals surface area contributed by atoms with Crippen LogP contribution in [0.25, 0.3) is 0 Å². The highest BCUT2D eigenvalue weighted by Crippen LogP contribution is 2.09. The molecule has 2 amide bonds. The molecule has 1 saturated heterocycles. The fourth-order valence-electron chi connectivity index (χ4n) is 1.74. The van der Waals surface area contributed by atoms with Gasteiger partial charge in [0.2, 0.25) is 11.8 Å². The summed E-state index contributed by atoms with van der Waals surface area (Å²) in [6.45, 7) is 3.14. The quantitative estimate of drug-likeness (QED) is 0.705. The van der Waals surface area contributed by atoms with Gasteiger partial charge in [-0.05, 0) is 12.8 Å². The SMILES string of the molecule is COCC(=O)NC1CCN(C(C)=O)CC1. The van der Waals surface area contributed by atoms with Gasteiger partial charge in [-0.2, -0.15) is 0 Å². The Morgan fingerprint density at radius 2 is 2.00 bits per heavy atom. The predicted molar refractivity (Wildman–Crippen MR) is 55.3 cm³/mol. The molecule has 0 radical (unpaired) electrons. The molecule has 0 aromatic carbocycles. The molecule has 0 aliphatic carbocycles. The highest BCUT2D eigenvalue weighted by Gasteiger charge is 2.21. The van der Waals surface area contributed by atoms with Gasteiger partial charge in [-0.15, -0.1) is 0 Å². The number of nitrogens with zero attached hydrogens (tertiary/aromatic N) is 1. The third kappa shape index (κ3) is 3.87. The summed E-state index contributed by atoms with van der Waals surface area (Å²) in [6.07, 6.45) is 1.66. The predicted octanol–water partition coefficient (Wildman–Crippen LogP) is -0.240. The lowest BCUT2D eigenvalue weighted by Crippen LogP contribution is -2.46. The number of amides is 2. The van der Waals surface area contributed by atoms with E-state index in [0.29, 0.717) is 0 Å². The van der Waals surface area contributed by atoms with Crippen LogP contribution in [0.4, 0.5) is 0 Å². The van der Waals surface area contributed by atoms with Crippen molar-refractivity contribution >= 4 is 11.8 Å². The number of carbonyl (C=O) groups excluding carboxylic acids is 2. The standard InChI is InChI=1S/C10H18N2O3/c1-8(13)12-5-3-9(4-6-12)11-10(14)7-15-2/h9H,3-7H2,1-2H3,(H,11,14). The summed E-state index contributed by atoms with van der Waals surface area (Å²) in [6, 6.07) is 0.184. The Morgan fingerprint density at radius 1 is 1.40 bits per heavy atom. The molecule has 1 aliphatic rings. The van der Waals surface area contributed by atoms with E-state index in [-0.39, 0.29) is 24.5 Å². The number of carbonyl (C=O) groups is 2. The third-order valence-electron chi connectivity index (χ3n) is 2.58. The van der Waals surface area contributed by atoms with Crippen LogP contribution in [-0.4, -0.2) is 49.6 Å². The van der Waals surface area contributed by atoms with Crippen LogP contribution < -0.4 is 5.32 Å². The largest absolute Gasteiger partial charge is 0.375 e. The normalized spacial score (nSPS) is 17.6. The second-order valence-electron chi connectivity index (χ2n) is 3.78. The van der Waals surface area contributed by atoms with E-state index in [1.54, 1.807) is 11.8 Å². The first-order chi connectivity index (χ1) is 7.13. The Balaban J connectivity index is 2.25. The van der Waals surface area contributed by atoms with Crippen molar-refractivity contribution in [1.29, 1.82) is 0 Å². The van der Waals surface area contributed by atoms with Crippen molar-refractivity contribution in [2.75, 3.05) is 26.8 Å². The zero-order chi connectivity index (χ0) is 11.3. The monoisotopic (exact) mass is 214 g/mol. The topological polar surface area (TPSA) is 58.6 Å².